The summed E-state index contributed by atoms with van der Waals surface area (Å²) in [6.07, 6.45) is -0.310. The number of carbonyl (C=O) groups excluding carboxylic acids is 2. The molecule has 1 atom stereocenters. The van der Waals surface area contributed by atoms with Crippen molar-refractivity contribution in [2.45, 2.75) is 18.9 Å². The molecule has 0 fully saturated rings. The number of thiol groups is 1. The second-order valence-corrected chi connectivity index (χ2v) is 6.52. The minimum absolute atomic E-state index is 0.00975. The molecule has 0 aromatic heterocycles. The predicted molar refractivity (Wildman–Crippen MR) is 108 cm³/mol. The Bertz CT molecular complexity index is 856. The van der Waals surface area contributed by atoms with Crippen LogP contribution in [-0.2, 0) is 14.3 Å². The smallest absolute Gasteiger partial charge is 0.412 e. The van der Waals surface area contributed by atoms with E-state index in [1.54, 1.807) is 30.3 Å². The quantitative estimate of drug-likeness (QED) is 0.341. The van der Waals surface area contributed by atoms with Crippen molar-refractivity contribution in [1.29, 1.82) is 0 Å². The molecule has 1 amide bonds. The number of aromatic hydroxyl groups is 1. The summed E-state index contributed by atoms with van der Waals surface area (Å²) >= 11 is 3.85. The highest BCUT2D eigenvalue weighted by Crippen LogP contribution is 2.34. The lowest BCUT2D eigenvalue weighted by molar-refractivity contribution is -0.140. The highest BCUT2D eigenvalue weighted by molar-refractivity contribution is 7.81. The topological polar surface area (TPSA) is 103 Å². The molecule has 3 rings (SSSR count). The fourth-order valence-electron chi connectivity index (χ4n) is 2.73. The Morgan fingerprint density at radius 3 is 2.66 bits per heavy atom. The zero-order chi connectivity index (χ0) is 20.6. The Morgan fingerprint density at radius 1 is 1.14 bits per heavy atom. The molecule has 0 radical (unpaired) electrons. The van der Waals surface area contributed by atoms with E-state index in [2.05, 4.69) is 17.9 Å². The molecule has 0 aliphatic carbocycles. The molecule has 0 spiro atoms. The van der Waals surface area contributed by atoms with Crippen molar-refractivity contribution < 1.29 is 33.6 Å². The van der Waals surface area contributed by atoms with Crippen molar-refractivity contribution in [3.8, 4) is 17.2 Å². The van der Waals surface area contributed by atoms with E-state index in [-0.39, 0.29) is 24.9 Å². The average molecular weight is 419 g/mol. The lowest BCUT2D eigenvalue weighted by Gasteiger charge is -2.19. The van der Waals surface area contributed by atoms with Crippen LogP contribution in [0.2, 0.25) is 0 Å². The van der Waals surface area contributed by atoms with Crippen LogP contribution >= 0.6 is 12.6 Å². The van der Waals surface area contributed by atoms with Crippen molar-refractivity contribution in [2.75, 3.05) is 24.5 Å². The Labute approximate surface area is 173 Å². The third kappa shape index (κ3) is 5.95. The lowest BCUT2D eigenvalue weighted by atomic mass is 10.0. The van der Waals surface area contributed by atoms with Crippen LogP contribution in [-0.4, -0.2) is 36.3 Å². The summed E-state index contributed by atoms with van der Waals surface area (Å²) in [5.41, 5.74) is 1.22. The Morgan fingerprint density at radius 2 is 1.90 bits per heavy atom. The molecule has 29 heavy (non-hydrogen) atoms. The number of phenolic OH excluding ortho intramolecular Hbond substituents is 1. The summed E-state index contributed by atoms with van der Waals surface area (Å²) in [6.45, 7) is 0.338. The fraction of sp³-hybridized carbons (Fsp3) is 0.300. The molecule has 0 bridgehead atoms. The first-order valence-electron chi connectivity index (χ1n) is 8.98. The highest BCUT2D eigenvalue weighted by Gasteiger charge is 2.19. The molecule has 1 heterocycles. The molecule has 154 valence electrons. The number of carbonyl (C=O) groups is 2. The van der Waals surface area contributed by atoms with Crippen LogP contribution in [0.15, 0.2) is 42.5 Å². The van der Waals surface area contributed by atoms with Crippen LogP contribution in [0.1, 0.15) is 24.5 Å². The van der Waals surface area contributed by atoms with Gasteiger partial charge in [0.25, 0.3) is 0 Å². The van der Waals surface area contributed by atoms with E-state index in [9.17, 15) is 14.7 Å². The number of phenols is 1. The third-order valence-corrected chi connectivity index (χ3v) is 4.39. The number of fused-ring (bicyclic) bond motifs is 1. The first kappa shape index (κ1) is 20.7. The number of hydrogen-bond donors (Lipinski definition) is 3. The van der Waals surface area contributed by atoms with Gasteiger partial charge in [0.1, 0.15) is 11.9 Å². The van der Waals surface area contributed by atoms with E-state index in [0.29, 0.717) is 35.6 Å². The van der Waals surface area contributed by atoms with E-state index in [1.165, 1.54) is 12.1 Å². The number of hydrogen-bond acceptors (Lipinski definition) is 8. The van der Waals surface area contributed by atoms with Gasteiger partial charge in [-0.3, -0.25) is 10.1 Å². The molecule has 8 nitrogen and oxygen atoms in total. The molecule has 2 aromatic rings. The van der Waals surface area contributed by atoms with Crippen LogP contribution in [0.25, 0.3) is 0 Å². The van der Waals surface area contributed by atoms with E-state index >= 15 is 0 Å². The Hall–Kier alpha value is -3.07. The van der Waals surface area contributed by atoms with Crippen molar-refractivity contribution in [3.63, 3.8) is 0 Å². The number of ether oxygens (including phenoxy) is 4. The van der Waals surface area contributed by atoms with Gasteiger partial charge in [-0.15, -0.1) is 0 Å². The van der Waals surface area contributed by atoms with Crippen LogP contribution in [0.4, 0.5) is 10.5 Å². The molecular formula is C20H21NO7S. The second kappa shape index (κ2) is 9.92. The van der Waals surface area contributed by atoms with Gasteiger partial charge in [0.2, 0.25) is 6.79 Å². The molecule has 1 aliphatic heterocycles. The molecule has 0 saturated carbocycles. The molecule has 9 heteroatoms. The molecule has 2 N–H and O–H groups in total. The van der Waals surface area contributed by atoms with E-state index in [4.69, 9.17) is 18.9 Å². The van der Waals surface area contributed by atoms with Crippen molar-refractivity contribution in [3.05, 3.63) is 48.0 Å². The minimum atomic E-state index is -0.644. The van der Waals surface area contributed by atoms with Gasteiger partial charge < -0.3 is 24.1 Å². The van der Waals surface area contributed by atoms with Gasteiger partial charge in [-0.05, 0) is 42.7 Å². The van der Waals surface area contributed by atoms with Gasteiger partial charge in [-0.2, -0.15) is 12.6 Å². The summed E-state index contributed by atoms with van der Waals surface area (Å²) in [4.78, 5) is 23.6. The molecule has 0 unspecified atom stereocenters. The number of rotatable bonds is 8. The number of nitrogens with one attached hydrogen (secondary N) is 1. The molecule has 1 aliphatic rings. The lowest BCUT2D eigenvalue weighted by Crippen LogP contribution is -2.18. The standard InChI is InChI=1S/C20H21NO7S/c22-15-6-3-13(4-7-15)16(2-1-9-25-19(23)11-29)28-20(24)21-14-5-8-17-18(10-14)27-12-26-17/h3-8,10,16,22,29H,1-2,9,11-12H2,(H,21,24)/t16-/m1/s1. The van der Waals surface area contributed by atoms with Gasteiger partial charge in [-0.25, -0.2) is 4.79 Å². The largest absolute Gasteiger partial charge is 0.508 e. The average Bonchev–Trinajstić information content (AvgIpc) is 3.18. The molecule has 0 saturated heterocycles. The fourth-order valence-corrected chi connectivity index (χ4v) is 2.83. The second-order valence-electron chi connectivity index (χ2n) is 6.20. The van der Waals surface area contributed by atoms with Gasteiger partial charge in [0.05, 0.1) is 12.4 Å². The van der Waals surface area contributed by atoms with Crippen LogP contribution in [0, 0.1) is 0 Å². The maximum atomic E-state index is 12.4. The highest BCUT2D eigenvalue weighted by atomic mass is 32.1. The molecule has 2 aromatic carbocycles. The first-order valence-corrected chi connectivity index (χ1v) is 9.61. The van der Waals surface area contributed by atoms with E-state index in [1.807, 2.05) is 0 Å². The van der Waals surface area contributed by atoms with Gasteiger partial charge in [-0.1, -0.05) is 12.1 Å². The van der Waals surface area contributed by atoms with Crippen LogP contribution < -0.4 is 14.8 Å². The summed E-state index contributed by atoms with van der Waals surface area (Å²) in [5.74, 6) is 0.872. The van der Waals surface area contributed by atoms with Gasteiger partial charge >= 0.3 is 12.1 Å². The first-order chi connectivity index (χ1) is 14.0. The van der Waals surface area contributed by atoms with Crippen LogP contribution in [0.3, 0.4) is 0 Å². The summed E-state index contributed by atoms with van der Waals surface area (Å²) < 4.78 is 21.1. The normalized spacial score (nSPS) is 12.9. The van der Waals surface area contributed by atoms with Crippen molar-refractivity contribution in [1.82, 2.24) is 0 Å². The number of benzene rings is 2. The third-order valence-electron chi connectivity index (χ3n) is 4.14. The number of amides is 1. The predicted octanol–water partition coefficient (Wildman–Crippen LogP) is 3.66. The van der Waals surface area contributed by atoms with E-state index < -0.39 is 18.2 Å². The number of esters is 1. The SMILES string of the molecule is O=C(CS)OCCC[C@@H](OC(=O)Nc1ccc2c(c1)OCO2)c1ccc(O)cc1. The van der Waals surface area contributed by atoms with Gasteiger partial charge in [0, 0.05) is 11.8 Å². The van der Waals surface area contributed by atoms with Crippen molar-refractivity contribution >= 4 is 30.4 Å². The maximum absolute atomic E-state index is 12.4. The summed E-state index contributed by atoms with van der Waals surface area (Å²) in [7, 11) is 0. The maximum Gasteiger partial charge on any atom is 0.412 e. The zero-order valence-corrected chi connectivity index (χ0v) is 16.4. The van der Waals surface area contributed by atoms with Crippen LogP contribution in [0.5, 0.6) is 17.2 Å². The monoisotopic (exact) mass is 419 g/mol. The summed E-state index contributed by atoms with van der Waals surface area (Å²) in [6, 6.07) is 11.4. The van der Waals surface area contributed by atoms with E-state index in [0.717, 1.165) is 0 Å². The van der Waals surface area contributed by atoms with Gasteiger partial charge in [0.15, 0.2) is 11.5 Å². The Balaban J connectivity index is 1.61. The minimum Gasteiger partial charge on any atom is -0.508 e. The Kier molecular flexibility index (Phi) is 7.07. The van der Waals surface area contributed by atoms with Crippen molar-refractivity contribution in [2.24, 2.45) is 0 Å². The zero-order valence-electron chi connectivity index (χ0n) is 15.5. The molecular weight excluding hydrogens is 398 g/mol. The summed E-state index contributed by atoms with van der Waals surface area (Å²) in [5, 5.41) is 12.1. The number of anilines is 1.